The second-order valence-corrected chi connectivity index (χ2v) is 2.72. The zero-order chi connectivity index (χ0) is 9.26. The Bertz CT molecular complexity index is 492. The van der Waals surface area contributed by atoms with Gasteiger partial charge in [0.1, 0.15) is 0 Å². The van der Waals surface area contributed by atoms with Crippen molar-refractivity contribution < 1.29 is 0 Å². The number of fused-ring (bicyclic) bond motifs is 1. The zero-order valence-corrected chi connectivity index (χ0v) is 7.05. The third-order valence-electron chi connectivity index (χ3n) is 1.87. The monoisotopic (exact) mass is 173 g/mol. The summed E-state index contributed by atoms with van der Waals surface area (Å²) in [6, 6.07) is 5.39. The molecule has 2 aromatic rings. The first-order valence-corrected chi connectivity index (χ1v) is 3.77. The molecule has 0 radical (unpaired) electrons. The van der Waals surface area contributed by atoms with E-state index in [1.165, 1.54) is 0 Å². The van der Waals surface area contributed by atoms with Crippen LogP contribution in [0.1, 0.15) is 0 Å². The third-order valence-corrected chi connectivity index (χ3v) is 1.87. The minimum Gasteiger partial charge on any atom is -0.334 e. The maximum absolute atomic E-state index is 8.25. The molecule has 64 valence electrons. The molecule has 5 heteroatoms. The van der Waals surface area contributed by atoms with Gasteiger partial charge >= 0.3 is 0 Å². The van der Waals surface area contributed by atoms with E-state index in [1.807, 2.05) is 23.7 Å². The van der Waals surface area contributed by atoms with Gasteiger partial charge in [-0.25, -0.2) is 4.98 Å². The average molecular weight is 173 g/mol. The van der Waals surface area contributed by atoms with E-state index < -0.39 is 0 Å². The summed E-state index contributed by atoms with van der Waals surface area (Å²) < 4.78 is 1.88. The van der Waals surface area contributed by atoms with E-state index in [-0.39, 0.29) is 0 Å². The molecule has 0 unspecified atom stereocenters. The van der Waals surface area contributed by atoms with E-state index in [4.69, 9.17) is 5.53 Å². The quantitative estimate of drug-likeness (QED) is 0.371. The molecule has 0 amide bonds. The lowest BCUT2D eigenvalue weighted by molar-refractivity contribution is 0.947. The summed E-state index contributed by atoms with van der Waals surface area (Å²) in [5.41, 5.74) is 10.7. The predicted molar refractivity (Wildman–Crippen MR) is 49.5 cm³/mol. The van der Waals surface area contributed by atoms with E-state index in [0.717, 1.165) is 11.0 Å². The SMILES string of the molecule is Cn1cnc2ccc(N=[N+]=[N-])cc21. The van der Waals surface area contributed by atoms with E-state index in [1.54, 1.807) is 12.4 Å². The van der Waals surface area contributed by atoms with Gasteiger partial charge < -0.3 is 4.57 Å². The lowest BCUT2D eigenvalue weighted by Gasteiger charge is -1.94. The van der Waals surface area contributed by atoms with Gasteiger partial charge in [0, 0.05) is 17.6 Å². The highest BCUT2D eigenvalue weighted by Crippen LogP contribution is 2.19. The largest absolute Gasteiger partial charge is 0.334 e. The summed E-state index contributed by atoms with van der Waals surface area (Å²) >= 11 is 0. The number of aryl methyl sites for hydroxylation is 1. The van der Waals surface area contributed by atoms with Crippen molar-refractivity contribution in [2.45, 2.75) is 0 Å². The van der Waals surface area contributed by atoms with Crippen LogP contribution in [0.4, 0.5) is 5.69 Å². The molecule has 1 heterocycles. The molecule has 0 atom stereocenters. The molecule has 1 aromatic carbocycles. The van der Waals surface area contributed by atoms with Crippen molar-refractivity contribution in [2.75, 3.05) is 0 Å². The van der Waals surface area contributed by atoms with Crippen molar-refractivity contribution in [3.8, 4) is 0 Å². The second kappa shape index (κ2) is 2.80. The van der Waals surface area contributed by atoms with Crippen molar-refractivity contribution >= 4 is 16.7 Å². The van der Waals surface area contributed by atoms with Crippen LogP contribution in [-0.4, -0.2) is 9.55 Å². The van der Waals surface area contributed by atoms with Gasteiger partial charge in [0.2, 0.25) is 0 Å². The summed E-state index contributed by atoms with van der Waals surface area (Å²) in [6.45, 7) is 0. The Hall–Kier alpha value is -2.00. The molecule has 2 rings (SSSR count). The van der Waals surface area contributed by atoms with Crippen LogP contribution in [0, 0.1) is 0 Å². The minimum atomic E-state index is 0.610. The Morgan fingerprint density at radius 2 is 2.38 bits per heavy atom. The molecular weight excluding hydrogens is 166 g/mol. The maximum Gasteiger partial charge on any atom is 0.0955 e. The van der Waals surface area contributed by atoms with Crippen LogP contribution in [0.25, 0.3) is 21.5 Å². The molecule has 5 nitrogen and oxygen atoms in total. The first-order chi connectivity index (χ1) is 6.31. The first kappa shape index (κ1) is 7.64. The number of hydrogen-bond acceptors (Lipinski definition) is 2. The van der Waals surface area contributed by atoms with Gasteiger partial charge in [-0.15, -0.1) is 0 Å². The first-order valence-electron chi connectivity index (χ1n) is 3.77. The Kier molecular flexibility index (Phi) is 1.65. The lowest BCUT2D eigenvalue weighted by atomic mass is 10.3. The van der Waals surface area contributed by atoms with E-state index in [9.17, 15) is 0 Å². The topological polar surface area (TPSA) is 66.6 Å². The average Bonchev–Trinajstić information content (AvgIpc) is 2.49. The molecule has 0 spiro atoms. The molecule has 0 N–H and O–H groups in total. The van der Waals surface area contributed by atoms with Gasteiger partial charge in [0.15, 0.2) is 0 Å². The van der Waals surface area contributed by atoms with E-state index in [2.05, 4.69) is 15.0 Å². The number of hydrogen-bond donors (Lipinski definition) is 0. The predicted octanol–water partition coefficient (Wildman–Crippen LogP) is 2.52. The van der Waals surface area contributed by atoms with Crippen molar-refractivity contribution in [3.63, 3.8) is 0 Å². The third kappa shape index (κ3) is 1.21. The van der Waals surface area contributed by atoms with Gasteiger partial charge in [-0.2, -0.15) is 0 Å². The molecule has 0 aliphatic rings. The summed E-state index contributed by atoms with van der Waals surface area (Å²) in [7, 11) is 1.90. The normalized spacial score (nSPS) is 9.92. The number of benzene rings is 1. The molecular formula is C8H7N5. The fourth-order valence-electron chi connectivity index (χ4n) is 1.23. The van der Waals surface area contributed by atoms with Crippen LogP contribution >= 0.6 is 0 Å². The van der Waals surface area contributed by atoms with Gasteiger partial charge in [-0.05, 0) is 17.7 Å². The molecule has 13 heavy (non-hydrogen) atoms. The van der Waals surface area contributed by atoms with Crippen LogP contribution < -0.4 is 0 Å². The van der Waals surface area contributed by atoms with E-state index >= 15 is 0 Å². The number of aromatic nitrogens is 2. The fraction of sp³-hybridized carbons (Fsp3) is 0.125. The summed E-state index contributed by atoms with van der Waals surface area (Å²) in [6.07, 6.45) is 1.73. The Morgan fingerprint density at radius 1 is 1.54 bits per heavy atom. The van der Waals surface area contributed by atoms with Crippen LogP contribution in [0.15, 0.2) is 29.6 Å². The number of imidazole rings is 1. The van der Waals surface area contributed by atoms with Gasteiger partial charge in [0.25, 0.3) is 0 Å². The van der Waals surface area contributed by atoms with Gasteiger partial charge in [-0.3, -0.25) is 0 Å². The van der Waals surface area contributed by atoms with Crippen molar-refractivity contribution in [2.24, 2.45) is 12.2 Å². The highest BCUT2D eigenvalue weighted by Gasteiger charge is 1.98. The summed E-state index contributed by atoms with van der Waals surface area (Å²) in [4.78, 5) is 6.87. The fourth-order valence-corrected chi connectivity index (χ4v) is 1.23. The highest BCUT2D eigenvalue weighted by atomic mass is 15.1. The molecule has 0 bridgehead atoms. The highest BCUT2D eigenvalue weighted by molar-refractivity contribution is 5.78. The molecule has 0 fully saturated rings. The molecule has 0 saturated heterocycles. The maximum atomic E-state index is 8.25. The smallest absolute Gasteiger partial charge is 0.0955 e. The summed E-state index contributed by atoms with van der Waals surface area (Å²) in [5.74, 6) is 0. The minimum absolute atomic E-state index is 0.610. The molecule has 0 saturated carbocycles. The van der Waals surface area contributed by atoms with Gasteiger partial charge in [0.05, 0.1) is 17.4 Å². The Balaban J connectivity index is 2.72. The Labute approximate surface area is 74.3 Å². The second-order valence-electron chi connectivity index (χ2n) is 2.72. The van der Waals surface area contributed by atoms with Crippen LogP contribution in [0.5, 0.6) is 0 Å². The lowest BCUT2D eigenvalue weighted by Crippen LogP contribution is -1.82. The van der Waals surface area contributed by atoms with Gasteiger partial charge in [-0.1, -0.05) is 11.2 Å². The molecule has 0 aliphatic carbocycles. The van der Waals surface area contributed by atoms with Crippen LogP contribution in [0.2, 0.25) is 0 Å². The molecule has 1 aromatic heterocycles. The number of nitrogens with zero attached hydrogens (tertiary/aromatic N) is 5. The Morgan fingerprint density at radius 3 is 3.15 bits per heavy atom. The molecule has 0 aliphatic heterocycles. The van der Waals surface area contributed by atoms with Crippen LogP contribution in [-0.2, 0) is 7.05 Å². The zero-order valence-electron chi connectivity index (χ0n) is 7.05. The standard InChI is InChI=1S/C8H7N5/c1-13-5-10-7-3-2-6(11-12-9)4-8(7)13/h2-5H,1H3. The summed E-state index contributed by atoms with van der Waals surface area (Å²) in [5, 5.41) is 3.52. The number of azide groups is 1. The number of rotatable bonds is 1. The van der Waals surface area contributed by atoms with Crippen molar-refractivity contribution in [3.05, 3.63) is 35.0 Å². The van der Waals surface area contributed by atoms with Crippen LogP contribution in [0.3, 0.4) is 0 Å². The van der Waals surface area contributed by atoms with Crippen molar-refractivity contribution in [1.29, 1.82) is 0 Å². The van der Waals surface area contributed by atoms with Crippen molar-refractivity contribution in [1.82, 2.24) is 9.55 Å². The van der Waals surface area contributed by atoms with E-state index in [0.29, 0.717) is 5.69 Å².